The first-order valence-electron chi connectivity index (χ1n) is 5.49. The fraction of sp³-hybridized carbons (Fsp3) is 0.800. The van der Waals surface area contributed by atoms with E-state index in [4.69, 9.17) is 0 Å². The molecule has 2 N–H and O–H groups in total. The van der Waals surface area contributed by atoms with E-state index in [9.17, 15) is 9.59 Å². The van der Waals surface area contributed by atoms with Gasteiger partial charge in [0.15, 0.2) is 6.29 Å². The number of rotatable bonds is 3. The van der Waals surface area contributed by atoms with Crippen LogP contribution in [0.3, 0.4) is 0 Å². The van der Waals surface area contributed by atoms with Crippen molar-refractivity contribution in [3.63, 3.8) is 0 Å². The number of nitrogens with one attached hydrogen (secondary N) is 2. The zero-order valence-corrected chi connectivity index (χ0v) is 8.74. The molecule has 0 aromatic carbocycles. The topological polar surface area (TPSA) is 61.4 Å². The molecule has 5 heteroatoms. The largest absolute Gasteiger partial charge is 0.317 e. The molecule has 1 unspecified atom stereocenters. The second kappa shape index (κ2) is 4.83. The number of carbonyl (C=O) groups excluding carboxylic acids is 2. The predicted molar refractivity (Wildman–Crippen MR) is 55.5 cm³/mol. The van der Waals surface area contributed by atoms with Gasteiger partial charge in [-0.05, 0) is 25.9 Å². The summed E-state index contributed by atoms with van der Waals surface area (Å²) in [5, 5.41) is 6.46. The standard InChI is InChI=1S/C10H17N3O2/c14-6-10(15)9-5-12-7-13(9)8-1-3-11-4-2-8/h6,8-9,11-12H,1-5,7H2. The van der Waals surface area contributed by atoms with Crippen LogP contribution >= 0.6 is 0 Å². The van der Waals surface area contributed by atoms with Crippen LogP contribution in [0.2, 0.25) is 0 Å². The molecule has 0 aromatic heterocycles. The van der Waals surface area contributed by atoms with E-state index in [1.165, 1.54) is 0 Å². The average molecular weight is 211 g/mol. The summed E-state index contributed by atoms with van der Waals surface area (Å²) in [6.45, 7) is 3.35. The molecular formula is C10H17N3O2. The highest BCUT2D eigenvalue weighted by Gasteiger charge is 2.35. The Bertz CT molecular complexity index is 251. The lowest BCUT2D eigenvalue weighted by molar-refractivity contribution is -0.133. The monoisotopic (exact) mass is 211 g/mol. The van der Waals surface area contributed by atoms with Crippen molar-refractivity contribution < 1.29 is 9.59 Å². The quantitative estimate of drug-likeness (QED) is 0.450. The number of aldehydes is 1. The van der Waals surface area contributed by atoms with E-state index in [-0.39, 0.29) is 11.8 Å². The average Bonchev–Trinajstić information content (AvgIpc) is 2.78. The van der Waals surface area contributed by atoms with Gasteiger partial charge in [-0.2, -0.15) is 0 Å². The minimum Gasteiger partial charge on any atom is -0.317 e. The summed E-state index contributed by atoms with van der Waals surface area (Å²) in [6, 6.07) is 0.209. The molecule has 0 saturated carbocycles. The Labute approximate surface area is 89.2 Å². The SMILES string of the molecule is O=CC(=O)C1CNCN1C1CCNCC1. The summed E-state index contributed by atoms with van der Waals surface area (Å²) in [4.78, 5) is 24.0. The number of hydrogen-bond acceptors (Lipinski definition) is 5. The second-order valence-corrected chi connectivity index (χ2v) is 4.14. The summed E-state index contributed by atoms with van der Waals surface area (Å²) in [5.74, 6) is -0.293. The Morgan fingerprint density at radius 2 is 2.00 bits per heavy atom. The van der Waals surface area contributed by atoms with Crippen LogP contribution < -0.4 is 10.6 Å². The molecule has 2 aliphatic rings. The van der Waals surface area contributed by atoms with Crippen molar-refractivity contribution in [1.82, 2.24) is 15.5 Å². The first-order chi connectivity index (χ1) is 7.33. The van der Waals surface area contributed by atoms with E-state index < -0.39 is 0 Å². The molecule has 0 aliphatic carbocycles. The molecule has 2 rings (SSSR count). The molecule has 84 valence electrons. The Morgan fingerprint density at radius 1 is 1.27 bits per heavy atom. The van der Waals surface area contributed by atoms with Crippen molar-refractivity contribution in [3.8, 4) is 0 Å². The second-order valence-electron chi connectivity index (χ2n) is 4.14. The molecule has 0 amide bonds. The molecule has 0 aromatic rings. The zero-order valence-electron chi connectivity index (χ0n) is 8.74. The minimum absolute atomic E-state index is 0.231. The molecule has 2 heterocycles. The molecular weight excluding hydrogens is 194 g/mol. The van der Waals surface area contributed by atoms with Gasteiger partial charge < -0.3 is 10.6 Å². The number of hydrogen-bond donors (Lipinski definition) is 2. The maximum atomic E-state index is 11.4. The zero-order chi connectivity index (χ0) is 10.7. The number of piperidine rings is 1. The Morgan fingerprint density at radius 3 is 2.67 bits per heavy atom. The van der Waals surface area contributed by atoms with E-state index >= 15 is 0 Å². The van der Waals surface area contributed by atoms with Crippen LogP contribution in [0.5, 0.6) is 0 Å². The van der Waals surface area contributed by atoms with E-state index in [2.05, 4.69) is 15.5 Å². The molecule has 0 spiro atoms. The fourth-order valence-electron chi connectivity index (χ4n) is 2.42. The first kappa shape index (κ1) is 10.7. The van der Waals surface area contributed by atoms with Crippen molar-refractivity contribution in [1.29, 1.82) is 0 Å². The van der Waals surface area contributed by atoms with Gasteiger partial charge in [-0.3, -0.25) is 14.5 Å². The maximum Gasteiger partial charge on any atom is 0.213 e. The summed E-state index contributed by atoms with van der Waals surface area (Å²) < 4.78 is 0. The maximum absolute atomic E-state index is 11.4. The van der Waals surface area contributed by atoms with Crippen molar-refractivity contribution in [2.75, 3.05) is 26.3 Å². The van der Waals surface area contributed by atoms with Crippen molar-refractivity contribution in [2.24, 2.45) is 0 Å². The number of ketones is 1. The third kappa shape index (κ3) is 2.25. The Balaban J connectivity index is 1.99. The summed E-state index contributed by atoms with van der Waals surface area (Å²) in [5.41, 5.74) is 0. The number of Topliss-reactive ketones (excluding diaryl/α,β-unsaturated/α-hetero) is 1. The van der Waals surface area contributed by atoms with Crippen LogP contribution in [0.4, 0.5) is 0 Å². The smallest absolute Gasteiger partial charge is 0.213 e. The van der Waals surface area contributed by atoms with Crippen LogP contribution in [0.15, 0.2) is 0 Å². The highest BCUT2D eigenvalue weighted by molar-refractivity contribution is 6.27. The van der Waals surface area contributed by atoms with Gasteiger partial charge in [-0.25, -0.2) is 0 Å². The van der Waals surface area contributed by atoms with Crippen molar-refractivity contribution in [3.05, 3.63) is 0 Å². The van der Waals surface area contributed by atoms with Crippen LogP contribution in [0.25, 0.3) is 0 Å². The molecule has 5 nitrogen and oxygen atoms in total. The van der Waals surface area contributed by atoms with Gasteiger partial charge in [0.25, 0.3) is 0 Å². The van der Waals surface area contributed by atoms with E-state index in [0.29, 0.717) is 18.9 Å². The summed E-state index contributed by atoms with van der Waals surface area (Å²) in [6.07, 6.45) is 2.57. The Hall–Kier alpha value is -0.780. The van der Waals surface area contributed by atoms with E-state index in [1.807, 2.05) is 0 Å². The molecule has 0 radical (unpaired) electrons. The molecule has 2 saturated heterocycles. The molecule has 0 bridgehead atoms. The van der Waals surface area contributed by atoms with Crippen LogP contribution in [-0.4, -0.2) is 55.4 Å². The lowest BCUT2D eigenvalue weighted by Gasteiger charge is -2.33. The first-order valence-corrected chi connectivity index (χ1v) is 5.49. The normalized spacial score (nSPS) is 29.2. The molecule has 2 aliphatic heterocycles. The van der Waals surface area contributed by atoms with Gasteiger partial charge in [-0.15, -0.1) is 0 Å². The van der Waals surface area contributed by atoms with Gasteiger partial charge in [-0.1, -0.05) is 0 Å². The summed E-state index contributed by atoms with van der Waals surface area (Å²) in [7, 11) is 0. The third-order valence-electron chi connectivity index (χ3n) is 3.25. The molecule has 1 atom stereocenters. The van der Waals surface area contributed by atoms with Crippen LogP contribution in [0, 0.1) is 0 Å². The number of carbonyl (C=O) groups is 2. The highest BCUT2D eigenvalue weighted by atomic mass is 16.2. The van der Waals surface area contributed by atoms with Gasteiger partial charge in [0.05, 0.1) is 6.04 Å². The Kier molecular flexibility index (Phi) is 3.45. The lowest BCUT2D eigenvalue weighted by atomic mass is 10.0. The van der Waals surface area contributed by atoms with Gasteiger partial charge in [0.1, 0.15) is 0 Å². The fourth-order valence-corrected chi connectivity index (χ4v) is 2.42. The van der Waals surface area contributed by atoms with Gasteiger partial charge >= 0.3 is 0 Å². The van der Waals surface area contributed by atoms with E-state index in [1.54, 1.807) is 0 Å². The van der Waals surface area contributed by atoms with Gasteiger partial charge in [0.2, 0.25) is 5.78 Å². The van der Waals surface area contributed by atoms with Crippen molar-refractivity contribution >= 4 is 12.1 Å². The number of nitrogens with zero attached hydrogens (tertiary/aromatic N) is 1. The molecule has 2 fully saturated rings. The van der Waals surface area contributed by atoms with Gasteiger partial charge in [0, 0.05) is 19.3 Å². The predicted octanol–water partition coefficient (Wildman–Crippen LogP) is -1.26. The van der Waals surface area contributed by atoms with E-state index in [0.717, 1.165) is 32.6 Å². The van der Waals surface area contributed by atoms with Crippen LogP contribution in [-0.2, 0) is 9.59 Å². The minimum atomic E-state index is -0.293. The van der Waals surface area contributed by atoms with Crippen LogP contribution in [0.1, 0.15) is 12.8 Å². The molecule has 15 heavy (non-hydrogen) atoms. The van der Waals surface area contributed by atoms with Crippen molar-refractivity contribution in [2.45, 2.75) is 24.9 Å². The summed E-state index contributed by atoms with van der Waals surface area (Å²) >= 11 is 0. The lowest BCUT2D eigenvalue weighted by Crippen LogP contribution is -2.48. The third-order valence-corrected chi connectivity index (χ3v) is 3.25. The highest BCUT2D eigenvalue weighted by Crippen LogP contribution is 2.17.